The Morgan fingerprint density at radius 2 is 2.19 bits per heavy atom. The molecule has 112 valence electrons. The molecule has 0 spiro atoms. The Bertz CT molecular complexity index is 625. The highest BCUT2D eigenvalue weighted by molar-refractivity contribution is 7.98. The maximum atomic E-state index is 11.2. The lowest BCUT2D eigenvalue weighted by Crippen LogP contribution is -2.06. The molecule has 1 aromatic carbocycles. The van der Waals surface area contributed by atoms with Crippen molar-refractivity contribution < 1.29 is 9.34 Å². The molecular formula is C15H18N2O3S. The largest absolute Gasteiger partial charge is 0.468 e. The Morgan fingerprint density at radius 3 is 2.81 bits per heavy atom. The van der Waals surface area contributed by atoms with Crippen molar-refractivity contribution in [3.05, 3.63) is 52.0 Å². The van der Waals surface area contributed by atoms with Gasteiger partial charge in [-0.25, -0.2) is 0 Å². The SMILES string of the molecule is CCCNc1c(CSc2ccoc2C)cccc1[N+](=O)[O-]. The number of aryl methyl sites for hydroxylation is 1. The number of nitro groups is 1. The van der Waals surface area contributed by atoms with Gasteiger partial charge in [0.2, 0.25) is 0 Å². The molecule has 0 fully saturated rings. The summed E-state index contributed by atoms with van der Waals surface area (Å²) in [6, 6.07) is 7.10. The van der Waals surface area contributed by atoms with Crippen molar-refractivity contribution in [1.29, 1.82) is 0 Å². The first-order valence-electron chi connectivity index (χ1n) is 6.80. The van der Waals surface area contributed by atoms with Crippen molar-refractivity contribution >= 4 is 23.1 Å². The molecule has 2 rings (SSSR count). The smallest absolute Gasteiger partial charge is 0.292 e. The van der Waals surface area contributed by atoms with Gasteiger partial charge in [0.15, 0.2) is 0 Å². The summed E-state index contributed by atoms with van der Waals surface area (Å²) in [5.41, 5.74) is 1.69. The minimum absolute atomic E-state index is 0.130. The van der Waals surface area contributed by atoms with Crippen molar-refractivity contribution in [1.82, 2.24) is 0 Å². The predicted octanol–water partition coefficient (Wildman–Crippen LogP) is 4.61. The highest BCUT2D eigenvalue weighted by atomic mass is 32.2. The molecule has 0 aliphatic carbocycles. The van der Waals surface area contributed by atoms with Crippen LogP contribution in [0.5, 0.6) is 0 Å². The van der Waals surface area contributed by atoms with E-state index in [9.17, 15) is 10.1 Å². The molecule has 2 aromatic rings. The standard InChI is InChI=1S/C15H18N2O3S/c1-3-8-16-15-12(5-4-6-13(15)17(18)19)10-21-14-7-9-20-11(14)2/h4-7,9,16H,3,8,10H2,1-2H3. The number of furan rings is 1. The first-order chi connectivity index (χ1) is 10.1. The van der Waals surface area contributed by atoms with Gasteiger partial charge in [0.05, 0.1) is 11.2 Å². The molecule has 0 aliphatic rings. The molecule has 1 heterocycles. The van der Waals surface area contributed by atoms with E-state index in [1.165, 1.54) is 6.07 Å². The number of hydrogen-bond acceptors (Lipinski definition) is 5. The maximum absolute atomic E-state index is 11.2. The van der Waals surface area contributed by atoms with Crippen LogP contribution in [0, 0.1) is 17.0 Å². The summed E-state index contributed by atoms with van der Waals surface area (Å²) in [4.78, 5) is 11.9. The fourth-order valence-electron chi connectivity index (χ4n) is 1.99. The van der Waals surface area contributed by atoms with Crippen LogP contribution in [0.2, 0.25) is 0 Å². The molecule has 5 nitrogen and oxygen atoms in total. The van der Waals surface area contributed by atoms with Crippen LogP contribution in [0.25, 0.3) is 0 Å². The lowest BCUT2D eigenvalue weighted by molar-refractivity contribution is -0.384. The number of hydrogen-bond donors (Lipinski definition) is 1. The zero-order valence-electron chi connectivity index (χ0n) is 12.1. The fraction of sp³-hybridized carbons (Fsp3) is 0.333. The lowest BCUT2D eigenvalue weighted by atomic mass is 10.1. The third kappa shape index (κ3) is 3.78. The van der Waals surface area contributed by atoms with Crippen molar-refractivity contribution in [3.8, 4) is 0 Å². The van der Waals surface area contributed by atoms with E-state index < -0.39 is 0 Å². The minimum atomic E-state index is -0.338. The van der Waals surface area contributed by atoms with E-state index in [1.54, 1.807) is 24.1 Å². The topological polar surface area (TPSA) is 68.3 Å². The summed E-state index contributed by atoms with van der Waals surface area (Å²) in [5.74, 6) is 1.53. The number of nitrogens with zero attached hydrogens (tertiary/aromatic N) is 1. The quantitative estimate of drug-likeness (QED) is 0.459. The molecule has 0 bridgehead atoms. The van der Waals surface area contributed by atoms with Crippen LogP contribution in [0.4, 0.5) is 11.4 Å². The summed E-state index contributed by atoms with van der Waals surface area (Å²) in [7, 11) is 0. The molecule has 0 saturated heterocycles. The molecule has 1 N–H and O–H groups in total. The van der Waals surface area contributed by atoms with Crippen LogP contribution < -0.4 is 5.32 Å². The van der Waals surface area contributed by atoms with E-state index in [-0.39, 0.29) is 10.6 Å². The van der Waals surface area contributed by atoms with Gasteiger partial charge in [0.25, 0.3) is 5.69 Å². The van der Waals surface area contributed by atoms with E-state index in [2.05, 4.69) is 5.32 Å². The van der Waals surface area contributed by atoms with Crippen molar-refractivity contribution in [2.24, 2.45) is 0 Å². The zero-order chi connectivity index (χ0) is 15.2. The Hall–Kier alpha value is -1.95. The number of benzene rings is 1. The Morgan fingerprint density at radius 1 is 1.38 bits per heavy atom. The van der Waals surface area contributed by atoms with Gasteiger partial charge in [-0.05, 0) is 25.0 Å². The lowest BCUT2D eigenvalue weighted by Gasteiger charge is -2.11. The second-order valence-corrected chi connectivity index (χ2v) is 5.64. The van der Waals surface area contributed by atoms with Gasteiger partial charge in [0, 0.05) is 23.3 Å². The number of nitrogens with one attached hydrogen (secondary N) is 1. The molecule has 6 heteroatoms. The van der Waals surface area contributed by atoms with Crippen LogP contribution in [0.15, 0.2) is 39.8 Å². The summed E-state index contributed by atoms with van der Waals surface area (Å²) >= 11 is 1.62. The highest BCUT2D eigenvalue weighted by Gasteiger charge is 2.17. The van der Waals surface area contributed by atoms with Crippen molar-refractivity contribution in [3.63, 3.8) is 0 Å². The number of nitro benzene ring substituents is 1. The Kier molecular flexibility index (Phi) is 5.27. The molecule has 0 saturated carbocycles. The van der Waals surface area contributed by atoms with Gasteiger partial charge in [-0.2, -0.15) is 0 Å². The Balaban J connectivity index is 2.23. The van der Waals surface area contributed by atoms with Gasteiger partial charge in [-0.3, -0.25) is 10.1 Å². The van der Waals surface area contributed by atoms with Gasteiger partial charge in [0.1, 0.15) is 11.4 Å². The second kappa shape index (κ2) is 7.17. The molecule has 0 aliphatic heterocycles. The van der Waals surface area contributed by atoms with E-state index in [0.717, 1.165) is 22.6 Å². The number of rotatable bonds is 7. The molecular weight excluding hydrogens is 288 g/mol. The minimum Gasteiger partial charge on any atom is -0.468 e. The molecule has 0 atom stereocenters. The number of anilines is 1. The van der Waals surface area contributed by atoms with E-state index >= 15 is 0 Å². The Labute approximate surface area is 127 Å². The van der Waals surface area contributed by atoms with Gasteiger partial charge in [-0.1, -0.05) is 19.1 Å². The maximum Gasteiger partial charge on any atom is 0.292 e. The van der Waals surface area contributed by atoms with Crippen LogP contribution in [-0.4, -0.2) is 11.5 Å². The highest BCUT2D eigenvalue weighted by Crippen LogP contribution is 2.34. The zero-order valence-corrected chi connectivity index (χ0v) is 12.9. The number of para-hydroxylation sites is 1. The molecule has 21 heavy (non-hydrogen) atoms. The average Bonchev–Trinajstić information content (AvgIpc) is 2.88. The first-order valence-corrected chi connectivity index (χ1v) is 7.79. The van der Waals surface area contributed by atoms with Gasteiger partial charge >= 0.3 is 0 Å². The average molecular weight is 306 g/mol. The summed E-state index contributed by atoms with van der Waals surface area (Å²) in [6.07, 6.45) is 2.57. The van der Waals surface area contributed by atoms with Crippen molar-refractivity contribution in [2.45, 2.75) is 30.9 Å². The van der Waals surface area contributed by atoms with Crippen LogP contribution >= 0.6 is 11.8 Å². The van der Waals surface area contributed by atoms with E-state index in [4.69, 9.17) is 4.42 Å². The normalized spacial score (nSPS) is 10.6. The summed E-state index contributed by atoms with van der Waals surface area (Å²) < 4.78 is 5.27. The predicted molar refractivity (Wildman–Crippen MR) is 84.9 cm³/mol. The van der Waals surface area contributed by atoms with E-state index in [0.29, 0.717) is 18.0 Å². The molecule has 1 aromatic heterocycles. The monoisotopic (exact) mass is 306 g/mol. The third-order valence-electron chi connectivity index (χ3n) is 3.07. The second-order valence-electron chi connectivity index (χ2n) is 4.62. The molecule has 0 unspecified atom stereocenters. The van der Waals surface area contributed by atoms with Crippen LogP contribution in [0.3, 0.4) is 0 Å². The van der Waals surface area contributed by atoms with Gasteiger partial charge < -0.3 is 9.73 Å². The molecule has 0 radical (unpaired) electrons. The van der Waals surface area contributed by atoms with Crippen LogP contribution in [0.1, 0.15) is 24.7 Å². The summed E-state index contributed by atoms with van der Waals surface area (Å²) in [6.45, 7) is 4.66. The molecule has 0 amide bonds. The van der Waals surface area contributed by atoms with Crippen molar-refractivity contribution in [2.75, 3.05) is 11.9 Å². The van der Waals surface area contributed by atoms with Crippen LogP contribution in [-0.2, 0) is 5.75 Å². The van der Waals surface area contributed by atoms with Gasteiger partial charge in [-0.15, -0.1) is 11.8 Å². The van der Waals surface area contributed by atoms with E-state index in [1.807, 2.05) is 26.0 Å². The fourth-order valence-corrected chi connectivity index (χ4v) is 2.95. The third-order valence-corrected chi connectivity index (χ3v) is 4.26. The summed E-state index contributed by atoms with van der Waals surface area (Å²) in [5, 5.41) is 14.3. The number of thioether (sulfide) groups is 1. The first kappa shape index (κ1) is 15.4.